The Morgan fingerprint density at radius 1 is 0.867 bits per heavy atom. The fourth-order valence-corrected chi connectivity index (χ4v) is 3.45. The molecule has 3 aromatic rings. The molecule has 0 fully saturated rings. The van der Waals surface area contributed by atoms with Gasteiger partial charge in [-0.3, -0.25) is 9.59 Å². The number of thioether (sulfide) groups is 1. The molecule has 0 spiro atoms. The highest BCUT2D eigenvalue weighted by molar-refractivity contribution is 7.99. The van der Waals surface area contributed by atoms with Crippen molar-refractivity contribution in [2.75, 3.05) is 11.1 Å². The van der Waals surface area contributed by atoms with E-state index in [-0.39, 0.29) is 35.7 Å². The lowest BCUT2D eigenvalue weighted by Gasteiger charge is -2.08. The SMILES string of the molecule is O=C(CSCc1ccc(C(=O)NCc2ccccc2F)cc1)Nc1ccc(F)cc1. The number of hydrogen-bond acceptors (Lipinski definition) is 3. The summed E-state index contributed by atoms with van der Waals surface area (Å²) in [5.41, 5.74) is 2.43. The Morgan fingerprint density at radius 3 is 2.27 bits per heavy atom. The molecule has 0 aliphatic carbocycles. The van der Waals surface area contributed by atoms with Crippen molar-refractivity contribution in [3.05, 3.63) is 101 Å². The highest BCUT2D eigenvalue weighted by Gasteiger charge is 2.08. The zero-order chi connectivity index (χ0) is 21.3. The second-order valence-corrected chi connectivity index (χ2v) is 7.50. The molecule has 30 heavy (non-hydrogen) atoms. The monoisotopic (exact) mass is 426 g/mol. The molecule has 0 saturated carbocycles. The maximum atomic E-state index is 13.6. The van der Waals surface area contributed by atoms with E-state index in [9.17, 15) is 18.4 Å². The summed E-state index contributed by atoms with van der Waals surface area (Å²) in [5.74, 6) is -0.303. The Kier molecular flexibility index (Phi) is 7.57. The maximum absolute atomic E-state index is 13.6. The number of rotatable bonds is 8. The standard InChI is InChI=1S/C23H20F2N2O2S/c24-19-9-11-20(12-10-19)27-22(28)15-30-14-16-5-7-17(8-6-16)23(29)26-13-18-3-1-2-4-21(18)25/h1-12H,13-15H2,(H,26,29)(H,27,28). The van der Waals surface area contributed by atoms with Crippen LogP contribution in [0.3, 0.4) is 0 Å². The number of carbonyl (C=O) groups excluding carboxylic acids is 2. The van der Waals surface area contributed by atoms with Gasteiger partial charge in [0.25, 0.3) is 5.91 Å². The molecular formula is C23H20F2N2O2S. The third-order valence-corrected chi connectivity index (χ3v) is 5.25. The van der Waals surface area contributed by atoms with Gasteiger partial charge < -0.3 is 10.6 Å². The van der Waals surface area contributed by atoms with Gasteiger partial charge >= 0.3 is 0 Å². The first-order valence-electron chi connectivity index (χ1n) is 9.25. The van der Waals surface area contributed by atoms with Crippen LogP contribution in [0.4, 0.5) is 14.5 Å². The first-order chi connectivity index (χ1) is 14.5. The van der Waals surface area contributed by atoms with Gasteiger partial charge in [-0.25, -0.2) is 8.78 Å². The Bertz CT molecular complexity index is 1010. The van der Waals surface area contributed by atoms with Gasteiger partial charge in [-0.2, -0.15) is 0 Å². The van der Waals surface area contributed by atoms with Crippen LogP contribution in [-0.2, 0) is 17.1 Å². The van der Waals surface area contributed by atoms with E-state index in [0.29, 0.717) is 22.6 Å². The molecule has 0 aromatic heterocycles. The van der Waals surface area contributed by atoms with E-state index in [2.05, 4.69) is 10.6 Å². The van der Waals surface area contributed by atoms with E-state index in [1.54, 1.807) is 30.3 Å². The maximum Gasteiger partial charge on any atom is 0.251 e. The number of carbonyl (C=O) groups is 2. The molecule has 0 aliphatic rings. The van der Waals surface area contributed by atoms with Crippen LogP contribution >= 0.6 is 11.8 Å². The molecule has 0 atom stereocenters. The van der Waals surface area contributed by atoms with Crippen molar-refractivity contribution < 1.29 is 18.4 Å². The minimum atomic E-state index is -0.355. The third kappa shape index (κ3) is 6.42. The second kappa shape index (κ2) is 10.5. The van der Waals surface area contributed by atoms with Crippen molar-refractivity contribution in [2.45, 2.75) is 12.3 Å². The molecule has 0 saturated heterocycles. The lowest BCUT2D eigenvalue weighted by Crippen LogP contribution is -2.23. The van der Waals surface area contributed by atoms with Crippen molar-refractivity contribution in [1.82, 2.24) is 5.32 Å². The number of amides is 2. The lowest BCUT2D eigenvalue weighted by molar-refractivity contribution is -0.113. The normalized spacial score (nSPS) is 10.5. The van der Waals surface area contributed by atoms with Crippen LogP contribution in [0, 0.1) is 11.6 Å². The van der Waals surface area contributed by atoms with Gasteiger partial charge in [0.2, 0.25) is 5.91 Å². The summed E-state index contributed by atoms with van der Waals surface area (Å²) in [6, 6.07) is 18.9. The van der Waals surface area contributed by atoms with Crippen molar-refractivity contribution in [1.29, 1.82) is 0 Å². The van der Waals surface area contributed by atoms with Crippen molar-refractivity contribution in [3.8, 4) is 0 Å². The van der Waals surface area contributed by atoms with E-state index in [1.807, 2.05) is 12.1 Å². The van der Waals surface area contributed by atoms with Gasteiger partial charge in [0.15, 0.2) is 0 Å². The quantitative estimate of drug-likeness (QED) is 0.546. The largest absolute Gasteiger partial charge is 0.348 e. The molecule has 0 radical (unpaired) electrons. The molecule has 2 N–H and O–H groups in total. The smallest absolute Gasteiger partial charge is 0.251 e. The molecule has 7 heteroatoms. The van der Waals surface area contributed by atoms with E-state index in [4.69, 9.17) is 0 Å². The summed E-state index contributed by atoms with van der Waals surface area (Å²) >= 11 is 1.43. The minimum Gasteiger partial charge on any atom is -0.348 e. The van der Waals surface area contributed by atoms with Crippen LogP contribution in [-0.4, -0.2) is 17.6 Å². The summed E-state index contributed by atoms with van der Waals surface area (Å²) in [6.45, 7) is 0.117. The summed E-state index contributed by atoms with van der Waals surface area (Å²) in [6.07, 6.45) is 0. The highest BCUT2D eigenvalue weighted by atomic mass is 32.2. The lowest BCUT2D eigenvalue weighted by atomic mass is 10.1. The van der Waals surface area contributed by atoms with E-state index < -0.39 is 0 Å². The summed E-state index contributed by atoms with van der Waals surface area (Å²) < 4.78 is 26.5. The number of benzene rings is 3. The van der Waals surface area contributed by atoms with E-state index in [1.165, 1.54) is 42.1 Å². The highest BCUT2D eigenvalue weighted by Crippen LogP contribution is 2.15. The topological polar surface area (TPSA) is 58.2 Å². The molecule has 0 bridgehead atoms. The first kappa shape index (κ1) is 21.5. The average Bonchev–Trinajstić information content (AvgIpc) is 2.75. The van der Waals surface area contributed by atoms with Crippen molar-refractivity contribution in [2.24, 2.45) is 0 Å². The van der Waals surface area contributed by atoms with Crippen LogP contribution in [0.25, 0.3) is 0 Å². The zero-order valence-electron chi connectivity index (χ0n) is 16.0. The predicted octanol–water partition coefficient (Wildman–Crippen LogP) is 4.77. The number of anilines is 1. The molecule has 3 rings (SSSR count). The summed E-state index contributed by atoms with van der Waals surface area (Å²) in [7, 11) is 0. The average molecular weight is 426 g/mol. The molecule has 3 aromatic carbocycles. The van der Waals surface area contributed by atoms with Gasteiger partial charge in [0, 0.05) is 29.1 Å². The van der Waals surface area contributed by atoms with Crippen LogP contribution in [0.5, 0.6) is 0 Å². The molecule has 154 valence electrons. The molecule has 0 heterocycles. The van der Waals surface area contributed by atoms with E-state index >= 15 is 0 Å². The minimum absolute atomic E-state index is 0.117. The fraction of sp³-hybridized carbons (Fsp3) is 0.130. The van der Waals surface area contributed by atoms with Crippen LogP contribution in [0.2, 0.25) is 0 Å². The van der Waals surface area contributed by atoms with Crippen molar-refractivity contribution >= 4 is 29.3 Å². The van der Waals surface area contributed by atoms with Gasteiger partial charge in [0.1, 0.15) is 11.6 Å². The van der Waals surface area contributed by atoms with Crippen LogP contribution in [0.15, 0.2) is 72.8 Å². The molecular weight excluding hydrogens is 406 g/mol. The van der Waals surface area contributed by atoms with Crippen LogP contribution in [0.1, 0.15) is 21.5 Å². The van der Waals surface area contributed by atoms with Gasteiger partial charge in [0.05, 0.1) is 5.75 Å². The first-order valence-corrected chi connectivity index (χ1v) is 10.4. The molecule has 2 amide bonds. The second-order valence-electron chi connectivity index (χ2n) is 6.52. The number of halogens is 2. The Morgan fingerprint density at radius 2 is 1.57 bits per heavy atom. The Hall–Kier alpha value is -3.19. The summed E-state index contributed by atoms with van der Waals surface area (Å²) in [4.78, 5) is 24.2. The van der Waals surface area contributed by atoms with Crippen molar-refractivity contribution in [3.63, 3.8) is 0 Å². The zero-order valence-corrected chi connectivity index (χ0v) is 16.8. The predicted molar refractivity (Wildman–Crippen MR) is 115 cm³/mol. The Labute approximate surface area is 177 Å². The number of hydrogen-bond donors (Lipinski definition) is 2. The van der Waals surface area contributed by atoms with Crippen LogP contribution < -0.4 is 10.6 Å². The number of nitrogens with one attached hydrogen (secondary N) is 2. The summed E-state index contributed by atoms with van der Waals surface area (Å²) in [5, 5.41) is 5.40. The van der Waals surface area contributed by atoms with Gasteiger partial charge in [-0.15, -0.1) is 11.8 Å². The van der Waals surface area contributed by atoms with Gasteiger partial charge in [-0.1, -0.05) is 30.3 Å². The molecule has 4 nitrogen and oxygen atoms in total. The molecule has 0 aliphatic heterocycles. The molecule has 0 unspecified atom stereocenters. The van der Waals surface area contributed by atoms with E-state index in [0.717, 1.165) is 5.56 Å². The van der Waals surface area contributed by atoms with Gasteiger partial charge in [-0.05, 0) is 48.0 Å². The Balaban J connectivity index is 1.42. The third-order valence-electron chi connectivity index (χ3n) is 4.24. The fourth-order valence-electron chi connectivity index (χ4n) is 2.66.